The number of aliphatic hydroxyl groups excluding tert-OH is 1. The van der Waals surface area contributed by atoms with Gasteiger partial charge in [0.1, 0.15) is 6.61 Å². The predicted molar refractivity (Wildman–Crippen MR) is 120 cm³/mol. The highest BCUT2D eigenvalue weighted by molar-refractivity contribution is 7.92. The molecule has 0 bridgehead atoms. The molecule has 0 aromatic heterocycles. The van der Waals surface area contributed by atoms with E-state index in [1.165, 1.54) is 12.5 Å². The quantitative estimate of drug-likeness (QED) is 0.415. The monoisotopic (exact) mass is 449 g/mol. The van der Waals surface area contributed by atoms with Gasteiger partial charge in [-0.05, 0) is 49.5 Å². The highest BCUT2D eigenvalue weighted by Crippen LogP contribution is 2.25. The number of aliphatic hydroxyl groups is 1. The van der Waals surface area contributed by atoms with Crippen molar-refractivity contribution in [2.45, 2.75) is 30.9 Å². The minimum atomic E-state index is -3.71. The minimum Gasteiger partial charge on any atom is -0.480 e. The van der Waals surface area contributed by atoms with Gasteiger partial charge in [0.05, 0.1) is 6.61 Å². The van der Waals surface area contributed by atoms with Gasteiger partial charge in [0.15, 0.2) is 14.6 Å². The second-order valence-corrected chi connectivity index (χ2v) is 10.3. The third-order valence-electron chi connectivity index (χ3n) is 5.58. The van der Waals surface area contributed by atoms with E-state index in [1.807, 2.05) is 24.3 Å². The van der Waals surface area contributed by atoms with Crippen molar-refractivity contribution in [3.05, 3.63) is 41.5 Å². The van der Waals surface area contributed by atoms with Gasteiger partial charge in [-0.1, -0.05) is 30.0 Å². The SMILES string of the molecule is CC(CCN1CC=C(c2ccc(C#CCOCCCO)cc2)CC1)(C(=O)O)S(C)(=O)=O. The first-order valence-corrected chi connectivity index (χ1v) is 12.2. The Kier molecular flexibility index (Phi) is 9.26. The molecule has 2 N–H and O–H groups in total. The van der Waals surface area contributed by atoms with Crippen LogP contribution in [0.25, 0.3) is 5.57 Å². The topological polar surface area (TPSA) is 104 Å². The summed E-state index contributed by atoms with van der Waals surface area (Å²) in [5.74, 6) is 4.70. The summed E-state index contributed by atoms with van der Waals surface area (Å²) in [6.07, 6.45) is 4.57. The lowest BCUT2D eigenvalue weighted by Gasteiger charge is -2.30. The van der Waals surface area contributed by atoms with E-state index in [4.69, 9.17) is 9.84 Å². The number of benzene rings is 1. The summed E-state index contributed by atoms with van der Waals surface area (Å²) in [4.78, 5) is 13.6. The molecule has 0 amide bonds. The maximum Gasteiger partial charge on any atom is 0.324 e. The van der Waals surface area contributed by atoms with Gasteiger partial charge in [-0.3, -0.25) is 9.69 Å². The molecule has 1 aliphatic rings. The number of aliphatic carboxylic acids is 1. The van der Waals surface area contributed by atoms with Crippen LogP contribution in [0.1, 0.15) is 37.3 Å². The summed E-state index contributed by atoms with van der Waals surface area (Å²) in [6.45, 7) is 4.04. The van der Waals surface area contributed by atoms with E-state index < -0.39 is 20.6 Å². The zero-order chi connectivity index (χ0) is 22.9. The molecular weight excluding hydrogens is 418 g/mol. The van der Waals surface area contributed by atoms with E-state index >= 15 is 0 Å². The zero-order valence-electron chi connectivity index (χ0n) is 18.1. The van der Waals surface area contributed by atoms with E-state index in [-0.39, 0.29) is 13.0 Å². The summed E-state index contributed by atoms with van der Waals surface area (Å²) >= 11 is 0. The summed E-state index contributed by atoms with van der Waals surface area (Å²) < 4.78 is 27.4. The van der Waals surface area contributed by atoms with Crippen molar-refractivity contribution >= 4 is 21.4 Å². The van der Waals surface area contributed by atoms with Crippen LogP contribution in [0.5, 0.6) is 0 Å². The van der Waals surface area contributed by atoms with Gasteiger partial charge in [0, 0.05) is 38.1 Å². The van der Waals surface area contributed by atoms with Crippen LogP contribution < -0.4 is 0 Å². The van der Waals surface area contributed by atoms with Gasteiger partial charge < -0.3 is 14.9 Å². The third kappa shape index (κ3) is 7.18. The minimum absolute atomic E-state index is 0.0570. The molecule has 1 aromatic carbocycles. The van der Waals surface area contributed by atoms with Crippen LogP contribution in [-0.4, -0.2) is 80.0 Å². The Morgan fingerprint density at radius 1 is 1.29 bits per heavy atom. The molecule has 31 heavy (non-hydrogen) atoms. The lowest BCUT2D eigenvalue weighted by Crippen LogP contribution is -2.46. The maximum absolute atomic E-state index is 11.9. The largest absolute Gasteiger partial charge is 0.480 e. The summed E-state index contributed by atoms with van der Waals surface area (Å²) in [5.41, 5.74) is 3.24. The second kappa shape index (κ2) is 11.4. The van der Waals surface area contributed by atoms with Crippen LogP contribution in [0.4, 0.5) is 0 Å². The number of carbonyl (C=O) groups is 1. The molecule has 2 rings (SSSR count). The number of nitrogens with zero attached hydrogens (tertiary/aromatic N) is 1. The Labute approximate surface area is 184 Å². The van der Waals surface area contributed by atoms with Crippen LogP contribution in [0.2, 0.25) is 0 Å². The van der Waals surface area contributed by atoms with E-state index in [1.54, 1.807) is 0 Å². The molecule has 1 atom stereocenters. The number of carboxylic acid groups (broad SMARTS) is 1. The molecule has 170 valence electrons. The van der Waals surface area contributed by atoms with Gasteiger partial charge in [0.25, 0.3) is 0 Å². The summed E-state index contributed by atoms with van der Waals surface area (Å²) in [5, 5.41) is 18.1. The fourth-order valence-corrected chi connectivity index (χ4v) is 3.97. The first-order valence-electron chi connectivity index (χ1n) is 10.3. The summed E-state index contributed by atoms with van der Waals surface area (Å²) in [6, 6.07) is 7.99. The van der Waals surface area contributed by atoms with Crippen LogP contribution in [0.3, 0.4) is 0 Å². The average molecular weight is 450 g/mol. The van der Waals surface area contributed by atoms with Crippen LogP contribution in [0, 0.1) is 11.8 Å². The van der Waals surface area contributed by atoms with E-state index in [2.05, 4.69) is 22.8 Å². The molecule has 1 aliphatic heterocycles. The van der Waals surface area contributed by atoms with Crippen LogP contribution in [-0.2, 0) is 19.4 Å². The van der Waals surface area contributed by atoms with Crippen molar-refractivity contribution in [2.75, 3.05) is 45.7 Å². The normalized spacial score (nSPS) is 16.7. The number of rotatable bonds is 10. The fourth-order valence-electron chi connectivity index (χ4n) is 3.19. The highest BCUT2D eigenvalue weighted by Gasteiger charge is 2.43. The highest BCUT2D eigenvalue weighted by atomic mass is 32.2. The molecule has 7 nitrogen and oxygen atoms in total. The molecule has 1 unspecified atom stereocenters. The molecule has 0 fully saturated rings. The van der Waals surface area contributed by atoms with Gasteiger partial charge in [-0.15, -0.1) is 0 Å². The Morgan fingerprint density at radius 3 is 2.55 bits per heavy atom. The van der Waals surface area contributed by atoms with E-state index in [9.17, 15) is 18.3 Å². The lowest BCUT2D eigenvalue weighted by atomic mass is 9.98. The molecule has 0 saturated heterocycles. The van der Waals surface area contributed by atoms with Crippen molar-refractivity contribution in [1.82, 2.24) is 4.90 Å². The summed E-state index contributed by atoms with van der Waals surface area (Å²) in [7, 11) is -3.71. The molecule has 0 saturated carbocycles. The molecule has 0 aliphatic carbocycles. The van der Waals surface area contributed by atoms with Crippen molar-refractivity contribution in [3.8, 4) is 11.8 Å². The second-order valence-electron chi connectivity index (χ2n) is 7.85. The van der Waals surface area contributed by atoms with Gasteiger partial charge in [-0.2, -0.15) is 0 Å². The van der Waals surface area contributed by atoms with Crippen molar-refractivity contribution in [2.24, 2.45) is 0 Å². The Hall–Kier alpha value is -2.18. The number of sulfone groups is 1. The zero-order valence-corrected chi connectivity index (χ0v) is 19.0. The van der Waals surface area contributed by atoms with Crippen molar-refractivity contribution in [3.63, 3.8) is 0 Å². The standard InChI is InChI=1S/C23H31NO6S/c1-23(22(26)27,31(2,28)29)12-15-24-13-10-21(11-14-24)20-8-6-19(7-9-20)5-3-17-30-18-4-16-25/h6-10,25H,4,11-18H2,1-2H3,(H,26,27). The molecule has 0 spiro atoms. The van der Waals surface area contributed by atoms with E-state index in [0.29, 0.717) is 32.7 Å². The lowest BCUT2D eigenvalue weighted by molar-refractivity contribution is -0.139. The fraction of sp³-hybridized carbons (Fsp3) is 0.522. The Bertz CT molecular complexity index is 943. The average Bonchev–Trinajstić information content (AvgIpc) is 2.74. The third-order valence-corrected chi connectivity index (χ3v) is 7.59. The smallest absolute Gasteiger partial charge is 0.324 e. The number of hydrogen-bond acceptors (Lipinski definition) is 6. The number of carboxylic acids is 1. The van der Waals surface area contributed by atoms with Crippen molar-refractivity contribution < 1.29 is 28.2 Å². The van der Waals surface area contributed by atoms with Crippen LogP contribution >= 0.6 is 0 Å². The van der Waals surface area contributed by atoms with E-state index in [0.717, 1.165) is 30.3 Å². The van der Waals surface area contributed by atoms with Crippen LogP contribution in [0.15, 0.2) is 30.3 Å². The van der Waals surface area contributed by atoms with Gasteiger partial charge >= 0.3 is 5.97 Å². The number of hydrogen-bond donors (Lipinski definition) is 2. The Balaban J connectivity index is 1.89. The van der Waals surface area contributed by atoms with Gasteiger partial charge in [0.2, 0.25) is 0 Å². The van der Waals surface area contributed by atoms with Crippen molar-refractivity contribution in [1.29, 1.82) is 0 Å². The first-order chi connectivity index (χ1) is 14.7. The first kappa shape index (κ1) is 25.1. The molecule has 8 heteroatoms. The number of ether oxygens (including phenoxy) is 1. The van der Waals surface area contributed by atoms with Gasteiger partial charge in [-0.25, -0.2) is 8.42 Å². The molecule has 0 radical (unpaired) electrons. The molecule has 1 aromatic rings. The molecular formula is C23H31NO6S. The maximum atomic E-state index is 11.9. The predicted octanol–water partition coefficient (Wildman–Crippen LogP) is 1.80. The Morgan fingerprint density at radius 2 is 2.00 bits per heavy atom. The molecule has 1 heterocycles.